The Morgan fingerprint density at radius 1 is 0.909 bits per heavy atom. The predicted molar refractivity (Wildman–Crippen MR) is 128 cm³/mol. The van der Waals surface area contributed by atoms with Crippen LogP contribution in [-0.2, 0) is 9.59 Å². The molecule has 1 saturated heterocycles. The van der Waals surface area contributed by atoms with Gasteiger partial charge in [-0.1, -0.05) is 58.4 Å². The van der Waals surface area contributed by atoms with E-state index in [1.807, 2.05) is 0 Å². The number of amides is 2. The van der Waals surface area contributed by atoms with Crippen LogP contribution in [-0.4, -0.2) is 36.5 Å². The summed E-state index contributed by atoms with van der Waals surface area (Å²) in [7, 11) is 1.52. The first-order valence-electron chi connectivity index (χ1n) is 10.2. The minimum Gasteiger partial charge on any atom is -0.495 e. The zero-order valence-electron chi connectivity index (χ0n) is 17.5. The average Bonchev–Trinajstić information content (AvgIpc) is 3.36. The summed E-state index contributed by atoms with van der Waals surface area (Å²) in [6.45, 7) is 0. The molecule has 2 aliphatic rings. The first kappa shape index (κ1) is 21.1. The smallest absolute Gasteiger partial charge is 0.259 e. The Morgan fingerprint density at radius 3 is 2.27 bits per heavy atom. The van der Waals surface area contributed by atoms with Gasteiger partial charge in [0.05, 0.1) is 12.8 Å². The monoisotopic (exact) mass is 503 g/mol. The molecule has 0 bridgehead atoms. The van der Waals surface area contributed by atoms with Crippen molar-refractivity contribution < 1.29 is 19.1 Å². The van der Waals surface area contributed by atoms with E-state index < -0.39 is 23.8 Å². The molecular formula is C25H18BrN3O4. The Bertz CT molecular complexity index is 1290. The Labute approximate surface area is 198 Å². The maximum atomic E-state index is 13.6. The molecule has 0 radical (unpaired) electrons. The van der Waals surface area contributed by atoms with E-state index in [0.29, 0.717) is 22.7 Å². The second-order valence-electron chi connectivity index (χ2n) is 7.61. The number of rotatable bonds is 5. The molecule has 3 aromatic carbocycles. The highest BCUT2D eigenvalue weighted by Crippen LogP contribution is 2.41. The van der Waals surface area contributed by atoms with Gasteiger partial charge in [0.25, 0.3) is 5.91 Å². The van der Waals surface area contributed by atoms with E-state index in [2.05, 4.69) is 21.0 Å². The number of methoxy groups -OCH3 is 1. The number of Topliss-reactive ketones (excluding diaryl/α,β-unsaturated/α-hetero) is 1. The van der Waals surface area contributed by atoms with E-state index in [9.17, 15) is 14.4 Å². The number of hydrogen-bond acceptors (Lipinski definition) is 6. The minimum absolute atomic E-state index is 0.0371. The molecule has 2 atom stereocenters. The fourth-order valence-corrected chi connectivity index (χ4v) is 4.47. The second kappa shape index (κ2) is 8.29. The third-order valence-corrected chi connectivity index (χ3v) is 6.26. The van der Waals surface area contributed by atoms with E-state index in [-0.39, 0.29) is 11.5 Å². The highest BCUT2D eigenvalue weighted by molar-refractivity contribution is 9.10. The molecule has 0 aliphatic carbocycles. The molecular weight excluding hydrogens is 486 g/mol. The lowest BCUT2D eigenvalue weighted by atomic mass is 9.92. The fraction of sp³-hybridized carbons (Fsp3) is 0.120. The summed E-state index contributed by atoms with van der Waals surface area (Å²) in [6, 6.07) is 21.6. The molecule has 33 heavy (non-hydrogen) atoms. The van der Waals surface area contributed by atoms with Crippen LogP contribution in [0.15, 0.2) is 88.4 Å². The molecule has 0 unspecified atom stereocenters. The van der Waals surface area contributed by atoms with Gasteiger partial charge in [-0.3, -0.25) is 14.4 Å². The number of ketones is 1. The van der Waals surface area contributed by atoms with Crippen molar-refractivity contribution in [3.05, 3.63) is 88.9 Å². The van der Waals surface area contributed by atoms with Crippen molar-refractivity contribution in [3.63, 3.8) is 0 Å². The number of anilines is 2. The van der Waals surface area contributed by atoms with Gasteiger partial charge in [-0.05, 0) is 36.4 Å². The molecule has 0 aromatic heterocycles. The van der Waals surface area contributed by atoms with Crippen molar-refractivity contribution in [3.8, 4) is 5.75 Å². The van der Waals surface area contributed by atoms with E-state index in [1.165, 1.54) is 12.1 Å². The molecule has 5 rings (SSSR count). The Balaban J connectivity index is 1.64. The number of para-hydroxylation sites is 2. The molecule has 2 heterocycles. The van der Waals surface area contributed by atoms with E-state index in [1.54, 1.807) is 78.9 Å². The number of nitrogens with zero attached hydrogens (tertiary/aromatic N) is 3. The molecule has 0 N–H and O–H groups in total. The van der Waals surface area contributed by atoms with Crippen molar-refractivity contribution in [1.82, 2.24) is 0 Å². The fourth-order valence-electron chi connectivity index (χ4n) is 4.20. The highest BCUT2D eigenvalue weighted by atomic mass is 79.9. The summed E-state index contributed by atoms with van der Waals surface area (Å²) in [5.74, 6) is -1.86. The summed E-state index contributed by atoms with van der Waals surface area (Å²) in [4.78, 5) is 41.7. The number of hydrazone groups is 1. The van der Waals surface area contributed by atoms with Gasteiger partial charge < -0.3 is 4.74 Å². The first-order chi connectivity index (χ1) is 16.0. The normalized spacial score (nSPS) is 19.5. The van der Waals surface area contributed by atoms with Crippen LogP contribution >= 0.6 is 15.9 Å². The second-order valence-corrected chi connectivity index (χ2v) is 8.52. The molecule has 7 nitrogen and oxygen atoms in total. The zero-order valence-corrected chi connectivity index (χ0v) is 19.1. The van der Waals surface area contributed by atoms with Gasteiger partial charge in [-0.15, -0.1) is 0 Å². The summed E-state index contributed by atoms with van der Waals surface area (Å²) in [5.41, 5.74) is 1.38. The third kappa shape index (κ3) is 3.43. The van der Waals surface area contributed by atoms with Gasteiger partial charge in [0.15, 0.2) is 0 Å². The van der Waals surface area contributed by atoms with Crippen molar-refractivity contribution >= 4 is 50.6 Å². The molecule has 0 saturated carbocycles. The van der Waals surface area contributed by atoms with Crippen LogP contribution in [0, 0.1) is 5.92 Å². The summed E-state index contributed by atoms with van der Waals surface area (Å²) < 4.78 is 6.28. The van der Waals surface area contributed by atoms with E-state index in [0.717, 1.165) is 9.37 Å². The number of ether oxygens (including phenoxy) is 1. The lowest BCUT2D eigenvalue weighted by Crippen LogP contribution is -2.39. The van der Waals surface area contributed by atoms with Gasteiger partial charge in [0.1, 0.15) is 29.1 Å². The number of imide groups is 1. The molecule has 0 spiro atoms. The van der Waals surface area contributed by atoms with Crippen LogP contribution in [0.25, 0.3) is 0 Å². The minimum atomic E-state index is -1.03. The van der Waals surface area contributed by atoms with Crippen LogP contribution in [0.5, 0.6) is 5.75 Å². The van der Waals surface area contributed by atoms with E-state index >= 15 is 0 Å². The molecule has 164 valence electrons. The maximum absolute atomic E-state index is 13.6. The highest BCUT2D eigenvalue weighted by Gasteiger charge is 2.59. The molecule has 8 heteroatoms. The SMILES string of the molecule is COc1ccccc1N1N=C(C(=O)c2ccccc2)[C@@H]2C(=O)N(c3ccc(Br)cc3)C(=O)[C@H]21. The molecule has 2 aliphatic heterocycles. The van der Waals surface area contributed by atoms with Crippen molar-refractivity contribution in [2.45, 2.75) is 6.04 Å². The van der Waals surface area contributed by atoms with Crippen molar-refractivity contribution in [2.24, 2.45) is 11.0 Å². The number of hydrogen-bond donors (Lipinski definition) is 0. The lowest BCUT2D eigenvalue weighted by molar-refractivity contribution is -0.121. The van der Waals surface area contributed by atoms with Crippen LogP contribution in [0.2, 0.25) is 0 Å². The molecule has 1 fully saturated rings. The van der Waals surface area contributed by atoms with Gasteiger partial charge in [-0.2, -0.15) is 5.10 Å². The zero-order chi connectivity index (χ0) is 23.1. The van der Waals surface area contributed by atoms with Gasteiger partial charge >= 0.3 is 0 Å². The predicted octanol–water partition coefficient (Wildman–Crippen LogP) is 4.07. The lowest BCUT2D eigenvalue weighted by Gasteiger charge is -2.23. The van der Waals surface area contributed by atoms with Crippen LogP contribution in [0.1, 0.15) is 10.4 Å². The van der Waals surface area contributed by atoms with Crippen molar-refractivity contribution in [1.29, 1.82) is 0 Å². The molecule has 2 amide bonds. The standard InChI is InChI=1S/C25H18BrN3O4/c1-33-19-10-6-5-9-18(19)29-22-20(21(27-29)23(30)15-7-3-2-4-8-15)24(31)28(25(22)32)17-13-11-16(26)12-14-17/h2-14,20,22H,1H3/t20-,22-/m0/s1. The summed E-state index contributed by atoms with van der Waals surface area (Å²) in [6.07, 6.45) is 0. The van der Waals surface area contributed by atoms with Crippen LogP contribution < -0.4 is 14.6 Å². The largest absolute Gasteiger partial charge is 0.495 e. The van der Waals surface area contributed by atoms with Crippen LogP contribution in [0.3, 0.4) is 0 Å². The summed E-state index contributed by atoms with van der Waals surface area (Å²) in [5, 5.41) is 5.96. The third-order valence-electron chi connectivity index (χ3n) is 5.73. The summed E-state index contributed by atoms with van der Waals surface area (Å²) >= 11 is 3.37. The Kier molecular flexibility index (Phi) is 5.30. The van der Waals surface area contributed by atoms with Gasteiger partial charge in [-0.25, -0.2) is 9.91 Å². The Hall–Kier alpha value is -3.78. The van der Waals surface area contributed by atoms with Gasteiger partial charge in [0, 0.05) is 10.0 Å². The Morgan fingerprint density at radius 2 is 1.58 bits per heavy atom. The number of benzene rings is 3. The topological polar surface area (TPSA) is 79.3 Å². The van der Waals surface area contributed by atoms with Crippen LogP contribution in [0.4, 0.5) is 11.4 Å². The quantitative estimate of drug-likeness (QED) is 0.387. The van der Waals surface area contributed by atoms with E-state index in [4.69, 9.17) is 4.74 Å². The first-order valence-corrected chi connectivity index (χ1v) is 11.0. The van der Waals surface area contributed by atoms with Crippen molar-refractivity contribution in [2.75, 3.05) is 17.0 Å². The van der Waals surface area contributed by atoms with Gasteiger partial charge in [0.2, 0.25) is 11.7 Å². The molecule has 3 aromatic rings. The number of carbonyl (C=O) groups is 3. The maximum Gasteiger partial charge on any atom is 0.259 e. The number of fused-ring (bicyclic) bond motifs is 1. The number of carbonyl (C=O) groups excluding carboxylic acids is 3. The number of halogens is 1. The average molecular weight is 504 g/mol.